The lowest BCUT2D eigenvalue weighted by Gasteiger charge is -2.34. The van der Waals surface area contributed by atoms with Gasteiger partial charge in [-0.3, -0.25) is 4.98 Å². The number of fused-ring (bicyclic) bond motifs is 1. The second kappa shape index (κ2) is 14.1. The van der Waals surface area contributed by atoms with Gasteiger partial charge in [-0.25, -0.2) is 17.6 Å². The molecule has 0 N–H and O–H groups in total. The Bertz CT molecular complexity index is 1040. The quantitative estimate of drug-likeness (QED) is 0.151. The third kappa shape index (κ3) is 8.07. The summed E-state index contributed by atoms with van der Waals surface area (Å²) in [4.78, 5) is 4.38. The Kier molecular flexibility index (Phi) is 10.9. The largest absolute Gasteiger partial charge is 0.279 e. The highest BCUT2D eigenvalue weighted by molar-refractivity contribution is 5.63. The molecule has 2 aliphatic rings. The molecule has 0 spiro atoms. The van der Waals surface area contributed by atoms with E-state index in [0.29, 0.717) is 31.6 Å². The number of benzene rings is 1. The van der Waals surface area contributed by atoms with E-state index in [1.807, 2.05) is 6.07 Å². The van der Waals surface area contributed by atoms with E-state index in [0.717, 1.165) is 50.0 Å². The van der Waals surface area contributed by atoms with Crippen molar-refractivity contribution in [2.75, 3.05) is 0 Å². The number of hydrogen-bond acceptors (Lipinski definition) is 1. The van der Waals surface area contributed by atoms with Crippen LogP contribution in [0.3, 0.4) is 0 Å². The summed E-state index contributed by atoms with van der Waals surface area (Å²) >= 11 is 0. The van der Waals surface area contributed by atoms with Crippen LogP contribution < -0.4 is 0 Å². The van der Waals surface area contributed by atoms with Crippen LogP contribution in [-0.4, -0.2) is 4.98 Å². The van der Waals surface area contributed by atoms with Gasteiger partial charge in [-0.2, -0.15) is 0 Å². The summed E-state index contributed by atoms with van der Waals surface area (Å²) < 4.78 is 61.3. The first kappa shape index (κ1) is 30.1. The first-order valence-corrected chi connectivity index (χ1v) is 15.7. The number of unbranched alkanes of at least 4 members (excludes halogenated alkanes) is 7. The molecular weight excluding hydrogens is 498 g/mol. The number of nitrogens with zero attached hydrogens (tertiary/aromatic N) is 1. The number of pyridine rings is 1. The highest BCUT2D eigenvalue weighted by Crippen LogP contribution is 2.49. The number of alkyl halides is 2. The Morgan fingerprint density at radius 1 is 0.897 bits per heavy atom. The fourth-order valence-electron chi connectivity index (χ4n) is 6.34. The minimum absolute atomic E-state index is 0.0248. The molecule has 5 heteroatoms. The minimum atomic E-state index is -3.36. The van der Waals surface area contributed by atoms with Gasteiger partial charge in [-0.1, -0.05) is 103 Å². The van der Waals surface area contributed by atoms with Crippen molar-refractivity contribution in [1.82, 2.24) is 4.98 Å². The van der Waals surface area contributed by atoms with Crippen LogP contribution in [0.25, 0.3) is 11.3 Å². The first-order chi connectivity index (χ1) is 18.8. The van der Waals surface area contributed by atoms with Crippen LogP contribution in [0.1, 0.15) is 127 Å². The van der Waals surface area contributed by atoms with Crippen LogP contribution in [0.2, 0.25) is 0 Å². The minimum Gasteiger partial charge on any atom is -0.256 e. The second-order valence-corrected chi connectivity index (χ2v) is 12.4. The zero-order chi connectivity index (χ0) is 27.8. The van der Waals surface area contributed by atoms with E-state index in [1.165, 1.54) is 51.0 Å². The standard InChI is InChI=1S/C34H47F4N/c1-3-4-12-24(2)21-26-17-20-30(39-23-26)29-22-27-18-19-28(34(37,38)31(27)33(36)32(29)35)14-11-9-7-5-6-8-10-13-25-15-16-25/h17,20,22-25,28H,3-16,18-19,21H2,1-2H3. The van der Waals surface area contributed by atoms with Gasteiger partial charge < -0.3 is 0 Å². The van der Waals surface area contributed by atoms with E-state index in [-0.39, 0.29) is 16.8 Å². The van der Waals surface area contributed by atoms with Crippen molar-refractivity contribution in [3.63, 3.8) is 0 Å². The number of rotatable bonds is 16. The predicted octanol–water partition coefficient (Wildman–Crippen LogP) is 11.0. The highest BCUT2D eigenvalue weighted by Gasteiger charge is 2.48. The molecule has 1 aromatic carbocycles. The van der Waals surface area contributed by atoms with Gasteiger partial charge >= 0.3 is 0 Å². The normalized spacial score (nSPS) is 19.2. The van der Waals surface area contributed by atoms with Gasteiger partial charge in [-0.05, 0) is 60.8 Å². The van der Waals surface area contributed by atoms with Crippen LogP contribution in [0.5, 0.6) is 0 Å². The lowest BCUT2D eigenvalue weighted by molar-refractivity contribution is -0.0823. The molecule has 2 atom stereocenters. The summed E-state index contributed by atoms with van der Waals surface area (Å²) in [7, 11) is 0. The van der Waals surface area contributed by atoms with Gasteiger partial charge in [0.2, 0.25) is 0 Å². The van der Waals surface area contributed by atoms with E-state index in [9.17, 15) is 0 Å². The number of hydrogen-bond donors (Lipinski definition) is 0. The second-order valence-electron chi connectivity index (χ2n) is 12.4. The molecule has 0 radical (unpaired) electrons. The first-order valence-electron chi connectivity index (χ1n) is 15.7. The molecule has 2 unspecified atom stereocenters. The molecular formula is C34H47F4N. The summed E-state index contributed by atoms with van der Waals surface area (Å²) in [5.41, 5.74) is 0.803. The fraction of sp³-hybridized carbons (Fsp3) is 0.676. The van der Waals surface area contributed by atoms with Crippen molar-refractivity contribution < 1.29 is 17.6 Å². The summed E-state index contributed by atoms with van der Waals surface area (Å²) in [6, 6.07) is 4.98. The summed E-state index contributed by atoms with van der Waals surface area (Å²) in [6.45, 7) is 4.37. The topological polar surface area (TPSA) is 12.9 Å². The molecule has 1 nitrogen and oxygen atoms in total. The van der Waals surface area contributed by atoms with Crippen LogP contribution in [0.15, 0.2) is 24.4 Å². The molecule has 216 valence electrons. The van der Waals surface area contributed by atoms with Crippen molar-refractivity contribution in [2.45, 2.75) is 129 Å². The van der Waals surface area contributed by atoms with E-state index in [2.05, 4.69) is 18.8 Å². The Hall–Kier alpha value is -1.91. The molecule has 0 aliphatic heterocycles. The molecule has 39 heavy (non-hydrogen) atoms. The monoisotopic (exact) mass is 545 g/mol. The molecule has 1 heterocycles. The molecule has 1 aromatic heterocycles. The molecule has 0 bridgehead atoms. The smallest absolute Gasteiger partial charge is 0.256 e. The zero-order valence-electron chi connectivity index (χ0n) is 24.0. The van der Waals surface area contributed by atoms with Crippen molar-refractivity contribution in [3.05, 3.63) is 52.7 Å². The van der Waals surface area contributed by atoms with E-state index < -0.39 is 29.0 Å². The number of halogens is 4. The fourth-order valence-corrected chi connectivity index (χ4v) is 6.34. The number of aromatic nitrogens is 1. The van der Waals surface area contributed by atoms with Crippen LogP contribution >= 0.6 is 0 Å². The van der Waals surface area contributed by atoms with Crippen molar-refractivity contribution >= 4 is 0 Å². The highest BCUT2D eigenvalue weighted by atomic mass is 19.3. The lowest BCUT2D eigenvalue weighted by atomic mass is 9.77. The third-order valence-electron chi connectivity index (χ3n) is 8.99. The van der Waals surface area contributed by atoms with Gasteiger partial charge in [0.25, 0.3) is 5.92 Å². The molecule has 2 aliphatic carbocycles. The van der Waals surface area contributed by atoms with Crippen molar-refractivity contribution in [2.24, 2.45) is 17.8 Å². The zero-order valence-corrected chi connectivity index (χ0v) is 24.0. The molecule has 0 saturated heterocycles. The van der Waals surface area contributed by atoms with E-state index in [1.54, 1.807) is 12.3 Å². The summed E-state index contributed by atoms with van der Waals surface area (Å²) in [5, 5.41) is 0. The molecule has 1 fully saturated rings. The van der Waals surface area contributed by atoms with Crippen molar-refractivity contribution in [1.29, 1.82) is 0 Å². The molecule has 0 amide bonds. The lowest BCUT2D eigenvalue weighted by Crippen LogP contribution is -2.33. The average molecular weight is 546 g/mol. The Labute approximate surface area is 233 Å². The average Bonchev–Trinajstić information content (AvgIpc) is 3.74. The predicted molar refractivity (Wildman–Crippen MR) is 152 cm³/mol. The number of aryl methyl sites for hydroxylation is 1. The Morgan fingerprint density at radius 2 is 1.59 bits per heavy atom. The maximum atomic E-state index is 15.5. The van der Waals surface area contributed by atoms with Gasteiger partial charge in [0, 0.05) is 17.7 Å². The van der Waals surface area contributed by atoms with Crippen LogP contribution in [-0.2, 0) is 18.8 Å². The Morgan fingerprint density at radius 3 is 2.23 bits per heavy atom. The van der Waals surface area contributed by atoms with E-state index >= 15 is 17.6 Å². The Balaban J connectivity index is 1.32. The molecule has 1 saturated carbocycles. The van der Waals surface area contributed by atoms with Crippen LogP contribution in [0, 0.1) is 29.4 Å². The molecule has 2 aromatic rings. The summed E-state index contributed by atoms with van der Waals surface area (Å²) in [5.74, 6) is -5.39. The molecule has 4 rings (SSSR count). The van der Waals surface area contributed by atoms with E-state index in [4.69, 9.17) is 0 Å². The van der Waals surface area contributed by atoms with Gasteiger partial charge in [-0.15, -0.1) is 0 Å². The SMILES string of the molecule is CCCCC(C)Cc1ccc(-c2cc3c(c(F)c2F)C(F)(F)C(CCCCCCCCCC2CC2)CC3)nc1. The van der Waals surface area contributed by atoms with Crippen LogP contribution in [0.4, 0.5) is 17.6 Å². The maximum absolute atomic E-state index is 15.5. The van der Waals surface area contributed by atoms with Gasteiger partial charge in [0.15, 0.2) is 11.6 Å². The van der Waals surface area contributed by atoms with Crippen molar-refractivity contribution in [3.8, 4) is 11.3 Å². The third-order valence-corrected chi connectivity index (χ3v) is 8.99. The summed E-state index contributed by atoms with van der Waals surface area (Å²) in [6.07, 6.45) is 18.9. The maximum Gasteiger partial charge on any atom is 0.279 e. The van der Waals surface area contributed by atoms with Gasteiger partial charge in [0.05, 0.1) is 11.3 Å². The van der Waals surface area contributed by atoms with Gasteiger partial charge in [0.1, 0.15) is 0 Å².